The molecule has 0 fully saturated rings. The molecule has 0 aromatic heterocycles. The molecule has 0 bridgehead atoms. The molecule has 0 aliphatic heterocycles. The Balaban J connectivity index is 2.51. The third-order valence-corrected chi connectivity index (χ3v) is 3.00. The SMILES string of the molecule is COc1cc(CN)cc(-c2ccc(Cl)c(F)c2)c1. The van der Waals surface area contributed by atoms with E-state index in [1.165, 1.54) is 12.1 Å². The van der Waals surface area contributed by atoms with Crippen molar-refractivity contribution in [3.05, 3.63) is 52.8 Å². The second-order valence-electron chi connectivity index (χ2n) is 3.90. The first-order valence-electron chi connectivity index (χ1n) is 5.47. The van der Waals surface area contributed by atoms with Gasteiger partial charge in [0.1, 0.15) is 11.6 Å². The largest absolute Gasteiger partial charge is 0.497 e. The molecule has 2 rings (SSSR count). The summed E-state index contributed by atoms with van der Waals surface area (Å²) in [7, 11) is 1.59. The van der Waals surface area contributed by atoms with E-state index in [4.69, 9.17) is 22.1 Å². The summed E-state index contributed by atoms with van der Waals surface area (Å²) in [5.41, 5.74) is 8.15. The molecular formula is C14H13ClFNO. The minimum Gasteiger partial charge on any atom is -0.497 e. The van der Waals surface area contributed by atoms with Crippen molar-refractivity contribution in [2.24, 2.45) is 5.73 Å². The van der Waals surface area contributed by atoms with E-state index in [9.17, 15) is 4.39 Å². The molecule has 18 heavy (non-hydrogen) atoms. The third kappa shape index (κ3) is 2.63. The number of methoxy groups -OCH3 is 1. The van der Waals surface area contributed by atoms with Gasteiger partial charge in [0.25, 0.3) is 0 Å². The van der Waals surface area contributed by atoms with Crippen LogP contribution in [0.1, 0.15) is 5.56 Å². The molecule has 2 N–H and O–H groups in total. The van der Waals surface area contributed by atoms with Crippen molar-refractivity contribution >= 4 is 11.6 Å². The topological polar surface area (TPSA) is 35.2 Å². The van der Waals surface area contributed by atoms with Gasteiger partial charge in [-0.3, -0.25) is 0 Å². The Hall–Kier alpha value is -1.58. The Morgan fingerprint density at radius 3 is 2.56 bits per heavy atom. The van der Waals surface area contributed by atoms with E-state index in [0.29, 0.717) is 12.3 Å². The average molecular weight is 266 g/mol. The molecule has 0 saturated carbocycles. The van der Waals surface area contributed by atoms with Gasteiger partial charge in [-0.1, -0.05) is 17.7 Å². The first-order valence-corrected chi connectivity index (χ1v) is 5.85. The summed E-state index contributed by atoms with van der Waals surface area (Å²) in [6.07, 6.45) is 0. The van der Waals surface area contributed by atoms with Crippen molar-refractivity contribution in [3.8, 4) is 16.9 Å². The van der Waals surface area contributed by atoms with Gasteiger partial charge < -0.3 is 10.5 Å². The highest BCUT2D eigenvalue weighted by Crippen LogP contribution is 2.28. The predicted molar refractivity (Wildman–Crippen MR) is 71.3 cm³/mol. The maximum absolute atomic E-state index is 13.4. The summed E-state index contributed by atoms with van der Waals surface area (Å²) < 4.78 is 18.6. The van der Waals surface area contributed by atoms with Crippen LogP contribution in [0.2, 0.25) is 5.02 Å². The van der Waals surface area contributed by atoms with E-state index in [2.05, 4.69) is 0 Å². The summed E-state index contributed by atoms with van der Waals surface area (Å²) in [5, 5.41) is 0.112. The molecule has 0 unspecified atom stereocenters. The summed E-state index contributed by atoms with van der Waals surface area (Å²) in [5.74, 6) is 0.259. The molecule has 0 heterocycles. The number of ether oxygens (including phenoxy) is 1. The Labute approximate surface area is 110 Å². The Kier molecular flexibility index (Phi) is 3.84. The second kappa shape index (κ2) is 5.38. The number of nitrogens with two attached hydrogens (primary N) is 1. The fourth-order valence-corrected chi connectivity index (χ4v) is 1.86. The summed E-state index contributed by atoms with van der Waals surface area (Å²) >= 11 is 5.67. The van der Waals surface area contributed by atoms with Crippen LogP contribution >= 0.6 is 11.6 Å². The summed E-state index contributed by atoms with van der Waals surface area (Å²) in [6.45, 7) is 0.403. The third-order valence-electron chi connectivity index (χ3n) is 2.69. The van der Waals surface area contributed by atoms with Crippen molar-refractivity contribution in [3.63, 3.8) is 0 Å². The van der Waals surface area contributed by atoms with Gasteiger partial charge in [0.2, 0.25) is 0 Å². The molecule has 0 radical (unpaired) electrons. The van der Waals surface area contributed by atoms with Crippen molar-refractivity contribution in [1.82, 2.24) is 0 Å². The highest BCUT2D eigenvalue weighted by molar-refractivity contribution is 6.30. The molecule has 0 aliphatic carbocycles. The van der Waals surface area contributed by atoms with Gasteiger partial charge in [-0.15, -0.1) is 0 Å². The molecule has 0 aliphatic rings. The van der Waals surface area contributed by atoms with Crippen LogP contribution < -0.4 is 10.5 Å². The number of hydrogen-bond acceptors (Lipinski definition) is 2. The molecule has 94 valence electrons. The second-order valence-corrected chi connectivity index (χ2v) is 4.31. The molecule has 4 heteroatoms. The van der Waals surface area contributed by atoms with Crippen molar-refractivity contribution in [2.75, 3.05) is 7.11 Å². The van der Waals surface area contributed by atoms with Gasteiger partial charge in [-0.05, 0) is 47.0 Å². The molecule has 2 aromatic rings. The lowest BCUT2D eigenvalue weighted by molar-refractivity contribution is 0.414. The smallest absolute Gasteiger partial charge is 0.142 e. The maximum Gasteiger partial charge on any atom is 0.142 e. The van der Waals surface area contributed by atoms with Crippen molar-refractivity contribution in [2.45, 2.75) is 6.54 Å². The van der Waals surface area contributed by atoms with Gasteiger partial charge in [0.15, 0.2) is 0 Å². The Bertz CT molecular complexity index is 549. The lowest BCUT2D eigenvalue weighted by atomic mass is 10.0. The highest BCUT2D eigenvalue weighted by atomic mass is 35.5. The minimum absolute atomic E-state index is 0.112. The number of rotatable bonds is 3. The van der Waals surface area contributed by atoms with Crippen molar-refractivity contribution in [1.29, 1.82) is 0 Å². The first kappa shape index (κ1) is 12.9. The van der Waals surface area contributed by atoms with Crippen LogP contribution in [-0.2, 0) is 6.54 Å². The lowest BCUT2D eigenvalue weighted by Crippen LogP contribution is -1.97. The summed E-state index contributed by atoms with van der Waals surface area (Å²) in [6, 6.07) is 10.3. The molecule has 2 aromatic carbocycles. The van der Waals surface area contributed by atoms with Gasteiger partial charge >= 0.3 is 0 Å². The Morgan fingerprint density at radius 1 is 1.17 bits per heavy atom. The summed E-state index contributed by atoms with van der Waals surface area (Å²) in [4.78, 5) is 0. The van der Waals surface area contributed by atoms with Crippen molar-refractivity contribution < 1.29 is 9.13 Å². The van der Waals surface area contributed by atoms with Gasteiger partial charge in [0, 0.05) is 6.54 Å². The predicted octanol–water partition coefficient (Wildman–Crippen LogP) is 3.61. The molecule has 0 saturated heterocycles. The molecule has 0 amide bonds. The van der Waals surface area contributed by atoms with Gasteiger partial charge in [0.05, 0.1) is 12.1 Å². The van der Waals surface area contributed by atoms with E-state index < -0.39 is 5.82 Å². The van der Waals surface area contributed by atoms with E-state index in [0.717, 1.165) is 16.7 Å². The van der Waals surface area contributed by atoms with Crippen LogP contribution in [0.4, 0.5) is 4.39 Å². The molecule has 0 atom stereocenters. The Morgan fingerprint density at radius 2 is 1.94 bits per heavy atom. The average Bonchev–Trinajstić information content (AvgIpc) is 2.41. The molecule has 0 spiro atoms. The molecular weight excluding hydrogens is 253 g/mol. The van der Waals surface area contributed by atoms with E-state index >= 15 is 0 Å². The molecule has 2 nitrogen and oxygen atoms in total. The highest BCUT2D eigenvalue weighted by Gasteiger charge is 2.06. The normalized spacial score (nSPS) is 10.4. The standard InChI is InChI=1S/C14H13ClFNO/c1-18-12-5-9(8-17)4-11(6-12)10-2-3-13(15)14(16)7-10/h2-7H,8,17H2,1H3. The van der Waals surface area contributed by atoms with Crippen LogP contribution in [0.15, 0.2) is 36.4 Å². The van der Waals surface area contributed by atoms with Gasteiger partial charge in [-0.25, -0.2) is 4.39 Å². The number of benzene rings is 2. The lowest BCUT2D eigenvalue weighted by Gasteiger charge is -2.08. The zero-order valence-corrected chi connectivity index (χ0v) is 10.7. The van der Waals surface area contributed by atoms with E-state index in [1.54, 1.807) is 13.2 Å². The van der Waals surface area contributed by atoms with Crippen LogP contribution in [0.3, 0.4) is 0 Å². The first-order chi connectivity index (χ1) is 8.63. The monoisotopic (exact) mass is 265 g/mol. The number of halogens is 2. The zero-order valence-electron chi connectivity index (χ0n) is 9.91. The fourth-order valence-electron chi connectivity index (χ4n) is 1.74. The number of hydrogen-bond donors (Lipinski definition) is 1. The van der Waals surface area contributed by atoms with E-state index in [1.807, 2.05) is 18.2 Å². The van der Waals surface area contributed by atoms with Crippen LogP contribution in [0, 0.1) is 5.82 Å². The van der Waals surface area contributed by atoms with E-state index in [-0.39, 0.29) is 5.02 Å². The van der Waals surface area contributed by atoms with Crippen LogP contribution in [0.5, 0.6) is 5.75 Å². The quantitative estimate of drug-likeness (QED) is 0.920. The van der Waals surface area contributed by atoms with Crippen LogP contribution in [0.25, 0.3) is 11.1 Å². The van der Waals surface area contributed by atoms with Gasteiger partial charge in [-0.2, -0.15) is 0 Å². The maximum atomic E-state index is 13.4. The zero-order chi connectivity index (χ0) is 13.1. The van der Waals surface area contributed by atoms with Crippen LogP contribution in [-0.4, -0.2) is 7.11 Å². The minimum atomic E-state index is -0.439. The fraction of sp³-hybridized carbons (Fsp3) is 0.143.